The number of nitrogens with zero attached hydrogens (tertiary/aromatic N) is 3. The molecule has 0 saturated heterocycles. The normalized spacial score (nSPS) is 12.5. The lowest BCUT2D eigenvalue weighted by Gasteiger charge is -2.09. The summed E-state index contributed by atoms with van der Waals surface area (Å²) in [5.74, 6) is 0.339. The van der Waals surface area contributed by atoms with Crippen molar-refractivity contribution in [2.75, 3.05) is 6.61 Å². The van der Waals surface area contributed by atoms with E-state index in [0.29, 0.717) is 5.82 Å². The van der Waals surface area contributed by atoms with Gasteiger partial charge in [0, 0.05) is 12.4 Å². The Kier molecular flexibility index (Phi) is 2.24. The Labute approximate surface area is 64.7 Å². The Bertz CT molecular complexity index is 273. The van der Waals surface area contributed by atoms with Gasteiger partial charge in [0.15, 0.2) is 0 Å². The molecule has 0 aliphatic heterocycles. The molecule has 11 heavy (non-hydrogen) atoms. The SMILES string of the molecule is CC(CO)n1ccnc1C#N. The Morgan fingerprint density at radius 3 is 3.18 bits per heavy atom. The molecule has 0 radical (unpaired) electrons. The molecule has 0 saturated carbocycles. The van der Waals surface area contributed by atoms with Crippen LogP contribution in [-0.4, -0.2) is 21.3 Å². The molecule has 4 nitrogen and oxygen atoms in total. The average molecular weight is 151 g/mol. The van der Waals surface area contributed by atoms with Gasteiger partial charge >= 0.3 is 0 Å². The molecule has 0 amide bonds. The highest BCUT2D eigenvalue weighted by molar-refractivity contribution is 5.12. The van der Waals surface area contributed by atoms with Gasteiger partial charge in [-0.05, 0) is 6.92 Å². The van der Waals surface area contributed by atoms with Crippen molar-refractivity contribution in [3.05, 3.63) is 18.2 Å². The summed E-state index contributed by atoms with van der Waals surface area (Å²) >= 11 is 0. The molecule has 0 fully saturated rings. The zero-order chi connectivity index (χ0) is 8.27. The molecule has 0 aromatic carbocycles. The molecule has 1 rings (SSSR count). The van der Waals surface area contributed by atoms with Crippen LogP contribution in [0.2, 0.25) is 0 Å². The lowest BCUT2D eigenvalue weighted by Crippen LogP contribution is -2.10. The van der Waals surface area contributed by atoms with E-state index in [2.05, 4.69) is 4.98 Å². The van der Waals surface area contributed by atoms with Crippen molar-refractivity contribution in [1.29, 1.82) is 5.26 Å². The van der Waals surface area contributed by atoms with Crippen molar-refractivity contribution >= 4 is 0 Å². The largest absolute Gasteiger partial charge is 0.394 e. The monoisotopic (exact) mass is 151 g/mol. The molecule has 1 unspecified atom stereocenters. The first-order chi connectivity index (χ1) is 5.29. The highest BCUT2D eigenvalue weighted by Gasteiger charge is 2.06. The van der Waals surface area contributed by atoms with Crippen LogP contribution < -0.4 is 0 Å². The fraction of sp³-hybridized carbons (Fsp3) is 0.429. The Morgan fingerprint density at radius 2 is 2.64 bits per heavy atom. The first-order valence-electron chi connectivity index (χ1n) is 3.33. The third-order valence-electron chi connectivity index (χ3n) is 1.51. The van der Waals surface area contributed by atoms with Gasteiger partial charge in [-0.25, -0.2) is 4.98 Å². The third kappa shape index (κ3) is 1.38. The van der Waals surface area contributed by atoms with E-state index in [1.807, 2.05) is 13.0 Å². The van der Waals surface area contributed by atoms with Crippen LogP contribution >= 0.6 is 0 Å². The van der Waals surface area contributed by atoms with Crippen LogP contribution in [0.3, 0.4) is 0 Å². The van der Waals surface area contributed by atoms with E-state index >= 15 is 0 Å². The molecule has 0 bridgehead atoms. The fourth-order valence-corrected chi connectivity index (χ4v) is 0.843. The summed E-state index contributed by atoms with van der Waals surface area (Å²) in [5, 5.41) is 17.3. The predicted molar refractivity (Wildman–Crippen MR) is 38.7 cm³/mol. The van der Waals surface area contributed by atoms with Crippen LogP contribution in [0.1, 0.15) is 18.8 Å². The number of aliphatic hydroxyl groups excluding tert-OH is 1. The molecule has 0 aliphatic carbocycles. The third-order valence-corrected chi connectivity index (χ3v) is 1.51. The van der Waals surface area contributed by atoms with E-state index in [9.17, 15) is 0 Å². The van der Waals surface area contributed by atoms with Crippen molar-refractivity contribution in [2.24, 2.45) is 0 Å². The van der Waals surface area contributed by atoms with Gasteiger partial charge in [0.25, 0.3) is 0 Å². The number of nitriles is 1. The van der Waals surface area contributed by atoms with E-state index in [1.54, 1.807) is 17.0 Å². The van der Waals surface area contributed by atoms with Crippen LogP contribution in [0.4, 0.5) is 0 Å². The molecule has 1 aromatic rings. The predicted octanol–water partition coefficient (Wildman–Crippen LogP) is 0.308. The zero-order valence-electron chi connectivity index (χ0n) is 6.23. The number of rotatable bonds is 2. The van der Waals surface area contributed by atoms with E-state index in [-0.39, 0.29) is 12.6 Å². The maximum absolute atomic E-state index is 8.77. The summed E-state index contributed by atoms with van der Waals surface area (Å²) in [6.07, 6.45) is 3.23. The summed E-state index contributed by atoms with van der Waals surface area (Å²) in [7, 11) is 0. The fourth-order valence-electron chi connectivity index (χ4n) is 0.843. The molecular formula is C7H9N3O. The lowest BCUT2D eigenvalue weighted by atomic mass is 10.3. The molecule has 1 aromatic heterocycles. The number of hydrogen-bond donors (Lipinski definition) is 1. The minimum absolute atomic E-state index is 0.0189. The van der Waals surface area contributed by atoms with Crippen LogP contribution in [-0.2, 0) is 0 Å². The smallest absolute Gasteiger partial charge is 0.213 e. The van der Waals surface area contributed by atoms with Gasteiger partial charge in [-0.1, -0.05) is 0 Å². The van der Waals surface area contributed by atoms with Gasteiger partial charge < -0.3 is 9.67 Å². The number of imidazole rings is 1. The highest BCUT2D eigenvalue weighted by Crippen LogP contribution is 2.06. The highest BCUT2D eigenvalue weighted by atomic mass is 16.3. The second kappa shape index (κ2) is 3.17. The minimum atomic E-state index is -0.0767. The van der Waals surface area contributed by atoms with Crippen LogP contribution in [0.25, 0.3) is 0 Å². The van der Waals surface area contributed by atoms with Crippen molar-refractivity contribution in [3.63, 3.8) is 0 Å². The second-order valence-corrected chi connectivity index (χ2v) is 2.30. The van der Waals surface area contributed by atoms with Crippen molar-refractivity contribution in [2.45, 2.75) is 13.0 Å². The standard InChI is InChI=1S/C7H9N3O/c1-6(5-11)10-3-2-9-7(10)4-8/h2-3,6,11H,5H2,1H3. The van der Waals surface area contributed by atoms with E-state index in [1.165, 1.54) is 0 Å². The molecule has 0 aliphatic rings. The molecule has 1 atom stereocenters. The molecule has 1 N–H and O–H groups in total. The average Bonchev–Trinajstić information content (AvgIpc) is 2.50. The topological polar surface area (TPSA) is 61.8 Å². The van der Waals surface area contributed by atoms with E-state index < -0.39 is 0 Å². The number of hydrogen-bond acceptors (Lipinski definition) is 3. The summed E-state index contributed by atoms with van der Waals surface area (Å²) in [6, 6.07) is 1.85. The van der Waals surface area contributed by atoms with Gasteiger partial charge in [-0.3, -0.25) is 0 Å². The van der Waals surface area contributed by atoms with Gasteiger partial charge in [-0.2, -0.15) is 5.26 Å². The molecule has 58 valence electrons. The summed E-state index contributed by atoms with van der Waals surface area (Å²) in [5.41, 5.74) is 0. The van der Waals surface area contributed by atoms with Crippen molar-refractivity contribution in [3.8, 4) is 6.07 Å². The van der Waals surface area contributed by atoms with Crippen molar-refractivity contribution < 1.29 is 5.11 Å². The van der Waals surface area contributed by atoms with Crippen molar-refractivity contribution in [1.82, 2.24) is 9.55 Å². The molecule has 1 heterocycles. The second-order valence-electron chi connectivity index (χ2n) is 2.30. The minimum Gasteiger partial charge on any atom is -0.394 e. The number of aromatic nitrogens is 2. The molecule has 4 heteroatoms. The molecular weight excluding hydrogens is 142 g/mol. The number of aliphatic hydroxyl groups is 1. The summed E-state index contributed by atoms with van der Waals surface area (Å²) in [4.78, 5) is 3.79. The zero-order valence-corrected chi connectivity index (χ0v) is 6.23. The van der Waals surface area contributed by atoms with Crippen LogP contribution in [0.5, 0.6) is 0 Å². The first kappa shape index (κ1) is 7.76. The van der Waals surface area contributed by atoms with Crippen LogP contribution in [0.15, 0.2) is 12.4 Å². The quantitative estimate of drug-likeness (QED) is 0.661. The molecule has 0 spiro atoms. The van der Waals surface area contributed by atoms with Gasteiger partial charge in [0.1, 0.15) is 6.07 Å². The van der Waals surface area contributed by atoms with Gasteiger partial charge in [0.05, 0.1) is 12.6 Å². The Morgan fingerprint density at radius 1 is 1.91 bits per heavy atom. The van der Waals surface area contributed by atoms with Gasteiger partial charge in [0.2, 0.25) is 5.82 Å². The Hall–Kier alpha value is -1.34. The van der Waals surface area contributed by atoms with Gasteiger partial charge in [-0.15, -0.1) is 0 Å². The van der Waals surface area contributed by atoms with E-state index in [4.69, 9.17) is 10.4 Å². The van der Waals surface area contributed by atoms with Crippen LogP contribution in [0, 0.1) is 11.3 Å². The van der Waals surface area contributed by atoms with E-state index in [0.717, 1.165) is 0 Å². The Balaban J connectivity index is 2.95. The summed E-state index contributed by atoms with van der Waals surface area (Å²) < 4.78 is 1.64. The first-order valence-corrected chi connectivity index (χ1v) is 3.33. The summed E-state index contributed by atoms with van der Waals surface area (Å²) in [6.45, 7) is 1.84. The maximum Gasteiger partial charge on any atom is 0.213 e. The lowest BCUT2D eigenvalue weighted by molar-refractivity contribution is 0.238. The maximum atomic E-state index is 8.77.